The minimum absolute atomic E-state index is 0.00469. The molecule has 3 aromatic carbocycles. The summed E-state index contributed by atoms with van der Waals surface area (Å²) in [5.74, 6) is 0.929. The number of amides is 1. The van der Waals surface area contributed by atoms with Crippen molar-refractivity contribution in [2.24, 2.45) is 22.9 Å². The summed E-state index contributed by atoms with van der Waals surface area (Å²) in [5.41, 5.74) is 4.00. The van der Waals surface area contributed by atoms with Crippen molar-refractivity contribution in [3.63, 3.8) is 0 Å². The summed E-state index contributed by atoms with van der Waals surface area (Å²) in [6.07, 6.45) is 22.4. The second-order valence-electron chi connectivity index (χ2n) is 20.3. The van der Waals surface area contributed by atoms with Crippen molar-refractivity contribution in [3.05, 3.63) is 102 Å². The smallest absolute Gasteiger partial charge is 0.239 e. The maximum absolute atomic E-state index is 15.4. The molecule has 7 atom stereocenters. The molecule has 8 rings (SSSR count). The maximum Gasteiger partial charge on any atom is 0.239 e. The zero-order valence-corrected chi connectivity index (χ0v) is 42.5. The first-order valence-corrected chi connectivity index (χ1v) is 27.2. The lowest BCUT2D eigenvalue weighted by molar-refractivity contribution is -0.258. The Morgan fingerprint density at radius 1 is 0.861 bits per heavy atom. The number of aliphatic hydroxyl groups excluding tert-OH is 2. The molecular weight excluding hydrogens is 913 g/mol. The van der Waals surface area contributed by atoms with Crippen molar-refractivity contribution in [1.82, 2.24) is 4.90 Å². The quantitative estimate of drug-likeness (QED) is 0.0295. The zero-order valence-electron chi connectivity index (χ0n) is 42.5. The van der Waals surface area contributed by atoms with Crippen LogP contribution in [-0.2, 0) is 25.7 Å². The minimum Gasteiger partial charge on any atom is -0.459 e. The van der Waals surface area contributed by atoms with Crippen molar-refractivity contribution in [2.45, 2.75) is 166 Å². The Morgan fingerprint density at radius 2 is 1.62 bits per heavy atom. The molecular formula is C59H78N2O11. The fourth-order valence-electron chi connectivity index (χ4n) is 11.8. The van der Waals surface area contributed by atoms with Crippen LogP contribution in [0, 0.1) is 17.8 Å². The predicted molar refractivity (Wildman–Crippen MR) is 276 cm³/mol. The summed E-state index contributed by atoms with van der Waals surface area (Å²) in [7, 11) is 0. The van der Waals surface area contributed by atoms with Crippen LogP contribution in [0.1, 0.15) is 163 Å². The first-order chi connectivity index (χ1) is 35.4. The number of aliphatic hydroxyl groups is 2. The van der Waals surface area contributed by atoms with E-state index in [9.17, 15) is 15.0 Å². The van der Waals surface area contributed by atoms with Gasteiger partial charge in [0.1, 0.15) is 29.6 Å². The van der Waals surface area contributed by atoms with Crippen molar-refractivity contribution in [3.8, 4) is 28.7 Å². The van der Waals surface area contributed by atoms with E-state index in [0.717, 1.165) is 99.3 Å². The largest absolute Gasteiger partial charge is 0.459 e. The van der Waals surface area contributed by atoms with Gasteiger partial charge in [0.25, 0.3) is 0 Å². The third-order valence-corrected chi connectivity index (χ3v) is 15.3. The molecule has 3 aliphatic heterocycles. The highest BCUT2D eigenvalue weighted by molar-refractivity contribution is 6.03. The van der Waals surface area contributed by atoms with Gasteiger partial charge in [0, 0.05) is 56.1 Å². The highest BCUT2D eigenvalue weighted by Gasteiger charge is 2.65. The number of rotatable bonds is 29. The van der Waals surface area contributed by atoms with Crippen LogP contribution in [0.3, 0.4) is 0 Å². The summed E-state index contributed by atoms with van der Waals surface area (Å²) < 4.78 is 39.1. The summed E-state index contributed by atoms with van der Waals surface area (Å²) in [4.78, 5) is 35.6. The van der Waals surface area contributed by atoms with E-state index in [1.54, 1.807) is 24.3 Å². The normalized spacial score (nSPS) is 24.4. The summed E-state index contributed by atoms with van der Waals surface area (Å²) >= 11 is 0. The van der Waals surface area contributed by atoms with E-state index in [2.05, 4.69) is 25.6 Å². The van der Waals surface area contributed by atoms with Crippen LogP contribution in [0.25, 0.3) is 0 Å². The predicted octanol–water partition coefficient (Wildman–Crippen LogP) is 12.1. The van der Waals surface area contributed by atoms with Gasteiger partial charge in [0.2, 0.25) is 24.8 Å². The van der Waals surface area contributed by atoms with E-state index >= 15 is 4.79 Å². The zero-order chi connectivity index (χ0) is 50.1. The van der Waals surface area contributed by atoms with Gasteiger partial charge in [-0.1, -0.05) is 107 Å². The van der Waals surface area contributed by atoms with Crippen LogP contribution >= 0.6 is 0 Å². The second-order valence-corrected chi connectivity index (χ2v) is 20.3. The molecule has 0 spiro atoms. The average Bonchev–Trinajstić information content (AvgIpc) is 3.88. The monoisotopic (exact) mass is 991 g/mol. The fraction of sp³-hybridized carbons (Fsp3) is 0.576. The number of carbonyl (C=O) groups is 2. The number of carbonyl (C=O) groups excluding carboxylic acids is 2. The molecule has 72 heavy (non-hydrogen) atoms. The molecule has 1 saturated heterocycles. The molecule has 1 amide bonds. The van der Waals surface area contributed by atoms with Crippen LogP contribution in [0.15, 0.2) is 90.1 Å². The van der Waals surface area contributed by atoms with E-state index in [1.807, 2.05) is 41.3 Å². The average molecular weight is 991 g/mol. The number of oxime groups is 1. The van der Waals surface area contributed by atoms with Gasteiger partial charge in [-0.3, -0.25) is 9.59 Å². The van der Waals surface area contributed by atoms with Gasteiger partial charge in [-0.25, -0.2) is 0 Å². The standard InChI is InChI=1S/C59H78N2O11/c1-3-5-6-7-8-9-10-11-12-24-55(65)61(39-42-26-28-52-53(35-42)68-41-67-52)54-38-50(60-72-56-25-15-18-33-66-56)48-36-44(21-13-16-30-62)47(23-14-17-31-63)57-49-37-46(70-45-22-19-20-43(34-45)40-64)27-29-51(49)71-59(54,58(48)57)69-32-4-2/h4,19-20,22,26-29,34-37,40,44,47,54,56-58,62-63H,2-3,5-18,21,23-25,30-33,38-39,41H2,1H3/t44-,47+,54-,56?,57+,58+,59+/m0/s1. The lowest BCUT2D eigenvalue weighted by Crippen LogP contribution is -2.70. The molecule has 13 nitrogen and oxygen atoms in total. The Balaban J connectivity index is 1.27. The van der Waals surface area contributed by atoms with E-state index in [1.165, 1.54) is 32.1 Å². The van der Waals surface area contributed by atoms with Gasteiger partial charge < -0.3 is 48.4 Å². The van der Waals surface area contributed by atoms with Crippen LogP contribution in [-0.4, -0.2) is 84.4 Å². The molecule has 3 aromatic rings. The summed E-state index contributed by atoms with van der Waals surface area (Å²) in [6.45, 7) is 7.67. The van der Waals surface area contributed by atoms with Crippen molar-refractivity contribution in [2.75, 3.05) is 33.2 Å². The van der Waals surface area contributed by atoms with E-state index in [-0.39, 0.29) is 63.2 Å². The van der Waals surface area contributed by atoms with Crippen LogP contribution < -0.4 is 18.9 Å². The third kappa shape index (κ3) is 12.9. The number of hydrogen-bond donors (Lipinski definition) is 2. The molecule has 0 bridgehead atoms. The molecule has 1 unspecified atom stereocenters. The fourth-order valence-corrected chi connectivity index (χ4v) is 11.8. The maximum atomic E-state index is 15.4. The van der Waals surface area contributed by atoms with Gasteiger partial charge in [-0.05, 0) is 110 Å². The van der Waals surface area contributed by atoms with Crippen LogP contribution in [0.2, 0.25) is 0 Å². The summed E-state index contributed by atoms with van der Waals surface area (Å²) in [5, 5.41) is 25.2. The highest BCUT2D eigenvalue weighted by atomic mass is 16.8. The van der Waals surface area contributed by atoms with Gasteiger partial charge >= 0.3 is 0 Å². The Morgan fingerprint density at radius 3 is 2.39 bits per heavy atom. The van der Waals surface area contributed by atoms with Gasteiger partial charge in [0.05, 0.1) is 24.8 Å². The third-order valence-electron chi connectivity index (χ3n) is 15.3. The van der Waals surface area contributed by atoms with Crippen molar-refractivity contribution in [1.29, 1.82) is 0 Å². The van der Waals surface area contributed by atoms with Crippen LogP contribution in [0.5, 0.6) is 28.7 Å². The molecule has 1 saturated carbocycles. The molecule has 13 heteroatoms. The number of nitrogens with zero attached hydrogens (tertiary/aromatic N) is 2. The molecule has 2 fully saturated rings. The summed E-state index contributed by atoms with van der Waals surface area (Å²) in [6, 6.07) is 18.2. The van der Waals surface area contributed by atoms with Gasteiger partial charge in [-0.2, -0.15) is 0 Å². The Kier molecular flexibility index (Phi) is 19.7. The lowest BCUT2D eigenvalue weighted by Gasteiger charge is -2.60. The number of aldehydes is 1. The number of unbranched alkanes of at least 4 members (excludes halogenated alkanes) is 10. The lowest BCUT2D eigenvalue weighted by atomic mass is 9.55. The van der Waals surface area contributed by atoms with E-state index in [4.69, 9.17) is 38.4 Å². The SMILES string of the molecule is C=CCO[C@@]12Oc3ccc(Oc4cccc(C=O)c4)cc3[C@H]3[C@H](CCCCO)[C@@H](CCCCO)C=C(C(=NOC4CCCCO4)C[C@@H]1N(Cc1ccc4c(c1)OCO4)C(=O)CCCCCCCCCCC)[C@H]32. The Hall–Kier alpha value is -5.21. The minimum atomic E-state index is -1.44. The molecule has 3 heterocycles. The molecule has 0 aromatic heterocycles. The Labute approximate surface area is 426 Å². The number of hydrogen-bond acceptors (Lipinski definition) is 12. The molecule has 2 aliphatic carbocycles. The van der Waals surface area contributed by atoms with Crippen LogP contribution in [0.4, 0.5) is 0 Å². The van der Waals surface area contributed by atoms with Crippen molar-refractivity contribution < 1.29 is 53.1 Å². The molecule has 390 valence electrons. The number of ether oxygens (including phenoxy) is 6. The number of fused-ring (bicyclic) bond motifs is 3. The van der Waals surface area contributed by atoms with Gasteiger partial charge in [-0.15, -0.1) is 6.58 Å². The van der Waals surface area contributed by atoms with E-state index < -0.39 is 24.0 Å². The topological polar surface area (TPSA) is 155 Å². The molecule has 0 radical (unpaired) electrons. The second kappa shape index (κ2) is 26.7. The molecule has 2 N–H and O–H groups in total. The number of benzene rings is 3. The highest BCUT2D eigenvalue weighted by Crippen LogP contribution is 2.62. The first-order valence-electron chi connectivity index (χ1n) is 27.2. The Bertz CT molecular complexity index is 2310. The van der Waals surface area contributed by atoms with Crippen molar-refractivity contribution >= 4 is 17.9 Å². The van der Waals surface area contributed by atoms with E-state index in [0.29, 0.717) is 60.2 Å². The molecule has 5 aliphatic rings. The number of allylic oxidation sites excluding steroid dienone is 1. The van der Waals surface area contributed by atoms with Gasteiger partial charge in [0.15, 0.2) is 11.5 Å². The first kappa shape index (κ1) is 53.1.